The van der Waals surface area contributed by atoms with Gasteiger partial charge >= 0.3 is 6.03 Å². The van der Waals surface area contributed by atoms with Crippen molar-refractivity contribution in [3.8, 4) is 0 Å². The van der Waals surface area contributed by atoms with Crippen LogP contribution in [0.3, 0.4) is 0 Å². The largest absolute Gasteiger partial charge is 0.352 e. The number of likely N-dealkylation sites (tertiary alicyclic amines) is 1. The van der Waals surface area contributed by atoms with Crippen LogP contribution in [0.15, 0.2) is 24.3 Å². The minimum absolute atomic E-state index is 0.0614. The first-order valence-electron chi connectivity index (χ1n) is 9.17. The van der Waals surface area contributed by atoms with Crippen LogP contribution in [-0.4, -0.2) is 41.4 Å². The zero-order chi connectivity index (χ0) is 18.7. The van der Waals surface area contributed by atoms with E-state index in [1.807, 2.05) is 31.2 Å². The van der Waals surface area contributed by atoms with Crippen LogP contribution in [0.25, 0.3) is 0 Å². The smallest absolute Gasteiger partial charge is 0.312 e. The monoisotopic (exact) mass is 358 g/mol. The molecule has 2 atom stereocenters. The van der Waals surface area contributed by atoms with E-state index in [1.54, 1.807) is 4.90 Å². The molecule has 140 valence electrons. The summed E-state index contributed by atoms with van der Waals surface area (Å²) in [4.78, 5) is 38.4. The molecule has 7 nitrogen and oxygen atoms in total. The van der Waals surface area contributed by atoms with E-state index in [9.17, 15) is 14.4 Å². The summed E-state index contributed by atoms with van der Waals surface area (Å²) in [5.74, 6) is -0.200. The summed E-state index contributed by atoms with van der Waals surface area (Å²) < 4.78 is 0. The average Bonchev–Trinajstić information content (AvgIpc) is 3.25. The van der Waals surface area contributed by atoms with E-state index in [0.29, 0.717) is 13.0 Å². The minimum Gasteiger partial charge on any atom is -0.352 e. The van der Waals surface area contributed by atoms with Crippen LogP contribution in [0.4, 0.5) is 4.79 Å². The molecule has 1 saturated heterocycles. The lowest BCUT2D eigenvalue weighted by atomic mass is 9.98. The predicted molar refractivity (Wildman–Crippen MR) is 97.2 cm³/mol. The fourth-order valence-corrected chi connectivity index (χ4v) is 3.54. The first kappa shape index (κ1) is 18.2. The molecule has 1 heterocycles. The van der Waals surface area contributed by atoms with Crippen molar-refractivity contribution < 1.29 is 14.4 Å². The third-order valence-electron chi connectivity index (χ3n) is 5.06. The lowest BCUT2D eigenvalue weighted by Crippen LogP contribution is -2.47. The number of aryl methyl sites for hydroxylation is 1. The second kappa shape index (κ2) is 7.76. The van der Waals surface area contributed by atoms with Crippen molar-refractivity contribution in [3.05, 3.63) is 35.4 Å². The SMILES string of the molecule is Cc1ccccc1C(CC(=O)N1CCCC1C(=O)NC1CC1)NC(N)=O. The number of primary amides is 1. The molecule has 1 aliphatic heterocycles. The van der Waals surface area contributed by atoms with Crippen molar-refractivity contribution in [1.29, 1.82) is 0 Å². The summed E-state index contributed by atoms with van der Waals surface area (Å²) in [6.45, 7) is 2.50. The van der Waals surface area contributed by atoms with Crippen molar-refractivity contribution in [2.45, 2.75) is 57.2 Å². The predicted octanol–water partition coefficient (Wildman–Crippen LogP) is 1.36. The number of hydrogen-bond donors (Lipinski definition) is 3. The molecule has 2 fully saturated rings. The van der Waals surface area contributed by atoms with Gasteiger partial charge in [-0.2, -0.15) is 0 Å². The first-order valence-corrected chi connectivity index (χ1v) is 9.17. The highest BCUT2D eigenvalue weighted by Gasteiger charge is 2.37. The van der Waals surface area contributed by atoms with E-state index in [0.717, 1.165) is 30.4 Å². The second-order valence-electron chi connectivity index (χ2n) is 7.15. The van der Waals surface area contributed by atoms with E-state index in [1.165, 1.54) is 0 Å². The Hall–Kier alpha value is -2.57. The molecule has 3 rings (SSSR count). The average molecular weight is 358 g/mol. The molecule has 0 radical (unpaired) electrons. The highest BCUT2D eigenvalue weighted by Crippen LogP contribution is 2.26. The molecule has 4 amide bonds. The standard InChI is InChI=1S/C19H26N4O3/c1-12-5-2-3-6-14(12)15(22-19(20)26)11-17(24)23-10-4-7-16(23)18(25)21-13-8-9-13/h2-3,5-6,13,15-16H,4,7-11H2,1H3,(H,21,25)(H3,20,22,26). The molecule has 2 unspecified atom stereocenters. The fourth-order valence-electron chi connectivity index (χ4n) is 3.54. The Bertz CT molecular complexity index is 702. The summed E-state index contributed by atoms with van der Waals surface area (Å²) in [6, 6.07) is 6.27. The lowest BCUT2D eigenvalue weighted by Gasteiger charge is -2.27. The number of benzene rings is 1. The molecule has 1 aromatic carbocycles. The van der Waals surface area contributed by atoms with Gasteiger partial charge in [0.05, 0.1) is 12.5 Å². The Labute approximate surface area is 153 Å². The fraction of sp³-hybridized carbons (Fsp3) is 0.526. The van der Waals surface area contributed by atoms with Crippen LogP contribution in [0.5, 0.6) is 0 Å². The summed E-state index contributed by atoms with van der Waals surface area (Å²) in [5, 5.41) is 5.65. The van der Waals surface area contributed by atoms with E-state index in [2.05, 4.69) is 10.6 Å². The molecule has 0 bridgehead atoms. The molecule has 1 saturated carbocycles. The van der Waals surface area contributed by atoms with Crippen LogP contribution in [0, 0.1) is 6.92 Å². The third-order valence-corrected chi connectivity index (χ3v) is 5.06. The summed E-state index contributed by atoms with van der Waals surface area (Å²) in [6.07, 6.45) is 3.62. The minimum atomic E-state index is -0.671. The molecule has 2 aliphatic rings. The van der Waals surface area contributed by atoms with E-state index >= 15 is 0 Å². The second-order valence-corrected chi connectivity index (χ2v) is 7.15. The van der Waals surface area contributed by atoms with Crippen molar-refractivity contribution in [2.24, 2.45) is 5.73 Å². The summed E-state index contributed by atoms with van der Waals surface area (Å²) in [5.41, 5.74) is 7.14. The molecule has 1 aliphatic carbocycles. The van der Waals surface area contributed by atoms with Gasteiger partial charge in [-0.1, -0.05) is 24.3 Å². The molecular formula is C19H26N4O3. The highest BCUT2D eigenvalue weighted by molar-refractivity contribution is 5.89. The van der Waals surface area contributed by atoms with Crippen LogP contribution < -0.4 is 16.4 Å². The van der Waals surface area contributed by atoms with Crippen LogP contribution >= 0.6 is 0 Å². The number of amides is 4. The Morgan fingerprint density at radius 2 is 1.96 bits per heavy atom. The molecule has 0 aromatic heterocycles. The number of carbonyl (C=O) groups excluding carboxylic acids is 3. The van der Waals surface area contributed by atoms with Crippen molar-refractivity contribution in [2.75, 3.05) is 6.54 Å². The number of nitrogens with zero attached hydrogens (tertiary/aromatic N) is 1. The maximum atomic E-state index is 12.9. The Morgan fingerprint density at radius 3 is 2.62 bits per heavy atom. The number of nitrogens with two attached hydrogens (primary N) is 1. The molecule has 7 heteroatoms. The van der Waals surface area contributed by atoms with E-state index in [-0.39, 0.29) is 24.3 Å². The Kier molecular flexibility index (Phi) is 5.44. The van der Waals surface area contributed by atoms with Gasteiger partial charge in [0.2, 0.25) is 11.8 Å². The maximum absolute atomic E-state index is 12.9. The topological polar surface area (TPSA) is 105 Å². The normalized spacial score (nSPS) is 20.5. The number of urea groups is 1. The van der Waals surface area contributed by atoms with Crippen LogP contribution in [-0.2, 0) is 9.59 Å². The zero-order valence-corrected chi connectivity index (χ0v) is 15.0. The summed E-state index contributed by atoms with van der Waals surface area (Å²) >= 11 is 0. The lowest BCUT2D eigenvalue weighted by molar-refractivity contribution is -0.138. The number of rotatable bonds is 6. The molecule has 0 spiro atoms. The van der Waals surface area contributed by atoms with Crippen LogP contribution in [0.2, 0.25) is 0 Å². The Morgan fingerprint density at radius 1 is 1.23 bits per heavy atom. The maximum Gasteiger partial charge on any atom is 0.312 e. The van der Waals surface area contributed by atoms with Gasteiger partial charge in [0, 0.05) is 12.6 Å². The molecular weight excluding hydrogens is 332 g/mol. The molecule has 4 N–H and O–H groups in total. The van der Waals surface area contributed by atoms with Gasteiger partial charge in [-0.25, -0.2) is 4.79 Å². The summed E-state index contributed by atoms with van der Waals surface area (Å²) in [7, 11) is 0. The Balaban J connectivity index is 1.71. The van der Waals surface area contributed by atoms with Gasteiger partial charge in [0.25, 0.3) is 0 Å². The van der Waals surface area contributed by atoms with Gasteiger partial charge in [-0.05, 0) is 43.7 Å². The van der Waals surface area contributed by atoms with Gasteiger partial charge < -0.3 is 21.3 Å². The zero-order valence-electron chi connectivity index (χ0n) is 15.0. The van der Waals surface area contributed by atoms with Gasteiger partial charge in [0.15, 0.2) is 0 Å². The van der Waals surface area contributed by atoms with Crippen LogP contribution in [0.1, 0.15) is 49.3 Å². The molecule has 1 aromatic rings. The highest BCUT2D eigenvalue weighted by atomic mass is 16.2. The van der Waals surface area contributed by atoms with E-state index in [4.69, 9.17) is 5.73 Å². The van der Waals surface area contributed by atoms with E-state index < -0.39 is 18.1 Å². The third kappa shape index (κ3) is 4.33. The number of nitrogens with one attached hydrogen (secondary N) is 2. The number of carbonyl (C=O) groups is 3. The number of hydrogen-bond acceptors (Lipinski definition) is 3. The van der Waals surface area contributed by atoms with Crippen molar-refractivity contribution in [1.82, 2.24) is 15.5 Å². The molecule has 26 heavy (non-hydrogen) atoms. The van der Waals surface area contributed by atoms with Gasteiger partial charge in [0.1, 0.15) is 6.04 Å². The van der Waals surface area contributed by atoms with Crippen molar-refractivity contribution in [3.63, 3.8) is 0 Å². The first-order chi connectivity index (χ1) is 12.5. The van der Waals surface area contributed by atoms with Crippen molar-refractivity contribution >= 4 is 17.8 Å². The quantitative estimate of drug-likeness (QED) is 0.715. The van der Waals surface area contributed by atoms with Gasteiger partial charge in [-0.15, -0.1) is 0 Å². The van der Waals surface area contributed by atoms with Gasteiger partial charge in [-0.3, -0.25) is 9.59 Å².